The quantitative estimate of drug-likeness (QED) is 0.676. The zero-order valence-electron chi connectivity index (χ0n) is 17.4. The van der Waals surface area contributed by atoms with Gasteiger partial charge in [0.1, 0.15) is 5.75 Å². The van der Waals surface area contributed by atoms with Gasteiger partial charge in [-0.25, -0.2) is 18.0 Å². The standard InChI is InChI=1S/C18H28N2O3S.C2H2O4/c1-15-3-5-16(6-4-15)19-11-13-20(14-12-19)24(21,22)18-9-7-17(23-2)8-10-18;3-1(4)2(5)6/h7-10,15-16H,3-6,11-14H2,1-2H3;(H,3,4)(H,5,6). The third kappa shape index (κ3) is 6.41. The topological polar surface area (TPSA) is 124 Å². The Balaban J connectivity index is 0.000000469. The summed E-state index contributed by atoms with van der Waals surface area (Å²) in [7, 11) is -1.82. The molecule has 0 bridgehead atoms. The fraction of sp³-hybridized carbons (Fsp3) is 0.600. The van der Waals surface area contributed by atoms with E-state index in [1.165, 1.54) is 25.7 Å². The van der Waals surface area contributed by atoms with Gasteiger partial charge in [0.2, 0.25) is 10.0 Å². The van der Waals surface area contributed by atoms with Gasteiger partial charge in [-0.3, -0.25) is 4.90 Å². The number of sulfonamides is 1. The molecule has 2 fully saturated rings. The second-order valence-corrected chi connectivity index (χ2v) is 9.58. The Kier molecular flexibility index (Phi) is 8.63. The van der Waals surface area contributed by atoms with Crippen molar-refractivity contribution in [3.05, 3.63) is 24.3 Å². The van der Waals surface area contributed by atoms with Crippen molar-refractivity contribution >= 4 is 22.0 Å². The Labute approximate surface area is 177 Å². The number of benzene rings is 1. The van der Waals surface area contributed by atoms with Crippen molar-refractivity contribution in [3.63, 3.8) is 0 Å². The molecule has 1 aliphatic heterocycles. The molecule has 1 saturated carbocycles. The number of carboxylic acid groups (broad SMARTS) is 2. The van der Waals surface area contributed by atoms with Gasteiger partial charge in [0, 0.05) is 32.2 Å². The smallest absolute Gasteiger partial charge is 0.414 e. The molecule has 0 spiro atoms. The number of ether oxygens (including phenoxy) is 1. The van der Waals surface area contributed by atoms with Crippen LogP contribution in [0, 0.1) is 5.92 Å². The molecule has 3 rings (SSSR count). The lowest BCUT2D eigenvalue weighted by molar-refractivity contribution is -0.159. The van der Waals surface area contributed by atoms with E-state index in [0.717, 1.165) is 19.0 Å². The van der Waals surface area contributed by atoms with Crippen LogP contribution >= 0.6 is 0 Å². The van der Waals surface area contributed by atoms with E-state index in [9.17, 15) is 8.42 Å². The Bertz CT molecular complexity index is 798. The van der Waals surface area contributed by atoms with Crippen LogP contribution in [0.4, 0.5) is 0 Å². The highest BCUT2D eigenvalue weighted by Gasteiger charge is 2.32. The monoisotopic (exact) mass is 442 g/mol. The summed E-state index contributed by atoms with van der Waals surface area (Å²) in [6, 6.07) is 7.30. The summed E-state index contributed by atoms with van der Waals surface area (Å²) in [6.45, 7) is 5.18. The van der Waals surface area contributed by atoms with Gasteiger partial charge in [-0.2, -0.15) is 4.31 Å². The van der Waals surface area contributed by atoms with Crippen LogP contribution in [0.15, 0.2) is 29.2 Å². The minimum atomic E-state index is -3.40. The number of methoxy groups -OCH3 is 1. The minimum absolute atomic E-state index is 0.350. The average molecular weight is 443 g/mol. The molecule has 9 nitrogen and oxygen atoms in total. The van der Waals surface area contributed by atoms with Crippen molar-refractivity contribution in [3.8, 4) is 5.75 Å². The maximum atomic E-state index is 12.8. The predicted molar refractivity (Wildman–Crippen MR) is 110 cm³/mol. The summed E-state index contributed by atoms with van der Waals surface area (Å²) in [5.41, 5.74) is 0. The van der Waals surface area contributed by atoms with Gasteiger partial charge < -0.3 is 14.9 Å². The summed E-state index contributed by atoms with van der Waals surface area (Å²) < 4.78 is 32.3. The normalized spacial score (nSPS) is 23.1. The van der Waals surface area contributed by atoms with Gasteiger partial charge in [-0.1, -0.05) is 6.92 Å². The SMILES string of the molecule is COc1ccc(S(=O)(=O)N2CCN(C3CCC(C)CC3)CC2)cc1.O=C(O)C(=O)O. The van der Waals surface area contributed by atoms with Crippen molar-refractivity contribution in [1.82, 2.24) is 9.21 Å². The highest BCUT2D eigenvalue weighted by molar-refractivity contribution is 7.89. The third-order valence-electron chi connectivity index (χ3n) is 5.66. The number of piperazine rings is 1. The molecule has 2 aliphatic rings. The van der Waals surface area contributed by atoms with Crippen molar-refractivity contribution in [2.45, 2.75) is 43.5 Å². The molecule has 1 heterocycles. The van der Waals surface area contributed by atoms with Crippen LogP contribution in [-0.2, 0) is 19.6 Å². The van der Waals surface area contributed by atoms with E-state index in [-0.39, 0.29) is 0 Å². The summed E-state index contributed by atoms with van der Waals surface area (Å²) in [4.78, 5) is 21.0. The Morgan fingerprint density at radius 3 is 1.87 bits per heavy atom. The lowest BCUT2D eigenvalue weighted by Crippen LogP contribution is -2.52. The predicted octanol–water partition coefficient (Wildman–Crippen LogP) is 1.74. The van der Waals surface area contributed by atoms with Crippen molar-refractivity contribution in [2.24, 2.45) is 5.92 Å². The molecular formula is C20H30N2O7S. The van der Waals surface area contributed by atoms with Gasteiger partial charge >= 0.3 is 11.9 Å². The van der Waals surface area contributed by atoms with E-state index >= 15 is 0 Å². The van der Waals surface area contributed by atoms with Gasteiger partial charge in [0.05, 0.1) is 12.0 Å². The highest BCUT2D eigenvalue weighted by atomic mass is 32.2. The third-order valence-corrected chi connectivity index (χ3v) is 7.57. The van der Waals surface area contributed by atoms with Gasteiger partial charge in [-0.05, 0) is 55.9 Å². The first kappa shape index (κ1) is 24.1. The van der Waals surface area contributed by atoms with Crippen LogP contribution in [0.1, 0.15) is 32.6 Å². The molecule has 30 heavy (non-hydrogen) atoms. The van der Waals surface area contributed by atoms with Crippen LogP contribution in [0.5, 0.6) is 5.75 Å². The molecule has 168 valence electrons. The average Bonchev–Trinajstić information content (AvgIpc) is 2.75. The molecule has 1 saturated heterocycles. The number of rotatable bonds is 4. The van der Waals surface area contributed by atoms with Crippen molar-refractivity contribution < 1.29 is 33.0 Å². The maximum absolute atomic E-state index is 12.8. The summed E-state index contributed by atoms with van der Waals surface area (Å²) >= 11 is 0. The molecule has 1 aliphatic carbocycles. The highest BCUT2D eigenvalue weighted by Crippen LogP contribution is 2.28. The molecule has 10 heteroatoms. The van der Waals surface area contributed by atoms with Crippen LogP contribution in [0.3, 0.4) is 0 Å². The molecule has 0 atom stereocenters. The summed E-state index contributed by atoms with van der Waals surface area (Å²) in [5, 5.41) is 14.8. The zero-order valence-corrected chi connectivity index (χ0v) is 18.2. The number of carbonyl (C=O) groups is 2. The Morgan fingerprint density at radius 2 is 1.43 bits per heavy atom. The van der Waals surface area contributed by atoms with Gasteiger partial charge in [-0.15, -0.1) is 0 Å². The van der Waals surface area contributed by atoms with E-state index in [0.29, 0.717) is 29.8 Å². The number of carboxylic acids is 2. The molecule has 0 radical (unpaired) electrons. The van der Waals surface area contributed by atoms with Crippen LogP contribution in [-0.4, -0.2) is 79.1 Å². The van der Waals surface area contributed by atoms with E-state index in [1.54, 1.807) is 35.7 Å². The van der Waals surface area contributed by atoms with Gasteiger partial charge in [0.25, 0.3) is 0 Å². The molecular weight excluding hydrogens is 412 g/mol. The lowest BCUT2D eigenvalue weighted by Gasteiger charge is -2.41. The van der Waals surface area contributed by atoms with Crippen LogP contribution < -0.4 is 4.74 Å². The first-order valence-corrected chi connectivity index (χ1v) is 11.4. The van der Waals surface area contributed by atoms with E-state index in [4.69, 9.17) is 24.5 Å². The zero-order chi connectivity index (χ0) is 22.3. The molecule has 0 unspecified atom stereocenters. The largest absolute Gasteiger partial charge is 0.497 e. The molecule has 0 amide bonds. The van der Waals surface area contributed by atoms with Crippen LogP contribution in [0.25, 0.3) is 0 Å². The first-order valence-electron chi connectivity index (χ1n) is 9.99. The second-order valence-electron chi connectivity index (χ2n) is 7.64. The second kappa shape index (κ2) is 10.7. The van der Waals surface area contributed by atoms with E-state index < -0.39 is 22.0 Å². The maximum Gasteiger partial charge on any atom is 0.414 e. The fourth-order valence-electron chi connectivity index (χ4n) is 3.81. The van der Waals surface area contributed by atoms with Gasteiger partial charge in [0.15, 0.2) is 0 Å². The minimum Gasteiger partial charge on any atom is -0.497 e. The number of nitrogens with zero attached hydrogens (tertiary/aromatic N) is 2. The number of hydrogen-bond acceptors (Lipinski definition) is 6. The van der Waals surface area contributed by atoms with E-state index in [1.807, 2.05) is 0 Å². The van der Waals surface area contributed by atoms with Crippen molar-refractivity contribution in [1.29, 1.82) is 0 Å². The summed E-state index contributed by atoms with van der Waals surface area (Å²) in [5.74, 6) is -2.13. The molecule has 1 aromatic rings. The molecule has 2 N–H and O–H groups in total. The molecule has 1 aromatic carbocycles. The van der Waals surface area contributed by atoms with E-state index in [2.05, 4.69) is 11.8 Å². The Morgan fingerprint density at radius 1 is 0.933 bits per heavy atom. The Hall–Kier alpha value is -2.17. The number of aliphatic carboxylic acids is 2. The lowest BCUT2D eigenvalue weighted by atomic mass is 9.86. The number of hydrogen-bond donors (Lipinski definition) is 2. The van der Waals surface area contributed by atoms with Crippen molar-refractivity contribution in [2.75, 3.05) is 33.3 Å². The van der Waals surface area contributed by atoms with Crippen LogP contribution in [0.2, 0.25) is 0 Å². The summed E-state index contributed by atoms with van der Waals surface area (Å²) in [6.07, 6.45) is 5.11. The molecule has 0 aromatic heterocycles. The first-order chi connectivity index (χ1) is 14.1. The fourth-order valence-corrected chi connectivity index (χ4v) is 5.24.